The minimum atomic E-state index is -0.737. The Labute approximate surface area is 177 Å². The normalized spacial score (nSPS) is 13.3. The average molecular weight is 414 g/mol. The molecular weight excluding hydrogens is 395 g/mol. The topological polar surface area (TPSA) is 100 Å². The van der Waals surface area contributed by atoms with Crippen LogP contribution in [0.1, 0.15) is 35.7 Å². The summed E-state index contributed by atoms with van der Waals surface area (Å²) in [5.74, 6) is 1.90. The zero-order valence-electron chi connectivity index (χ0n) is 16.8. The van der Waals surface area contributed by atoms with E-state index in [9.17, 15) is 4.39 Å². The fourth-order valence-corrected chi connectivity index (χ4v) is 3.44. The van der Waals surface area contributed by atoms with E-state index in [0.717, 1.165) is 24.1 Å². The minimum absolute atomic E-state index is 0.0113. The Balaban J connectivity index is 1.48. The number of anilines is 1. The summed E-state index contributed by atoms with van der Waals surface area (Å²) < 4.78 is 18.4. The molecule has 0 bridgehead atoms. The first kappa shape index (κ1) is 18.9. The monoisotopic (exact) mass is 414 g/mol. The Bertz CT molecular complexity index is 1330. The lowest BCUT2D eigenvalue weighted by Crippen LogP contribution is -2.04. The first-order chi connectivity index (χ1) is 15.0. The third-order valence-corrected chi connectivity index (χ3v) is 5.30. The van der Waals surface area contributed by atoms with Crippen molar-refractivity contribution in [1.29, 1.82) is 0 Å². The van der Waals surface area contributed by atoms with Crippen molar-refractivity contribution in [2.24, 2.45) is 0 Å². The molecule has 8 nitrogen and oxygen atoms in total. The average Bonchev–Trinajstić information content (AvgIpc) is 3.34. The molecule has 31 heavy (non-hydrogen) atoms. The molecule has 1 aliphatic rings. The SMILES string of the molecule is C#Cc1cccc(-c2nc(N)c(F)c(-c3cn(Cc4ccn(C5CC5)n4)nn3)n2)c1C. The second-order valence-electron chi connectivity index (χ2n) is 7.54. The van der Waals surface area contributed by atoms with E-state index in [1.807, 2.05) is 36.0 Å². The van der Waals surface area contributed by atoms with Gasteiger partial charge < -0.3 is 5.73 Å². The lowest BCUT2D eigenvalue weighted by molar-refractivity contribution is 0.595. The zero-order valence-corrected chi connectivity index (χ0v) is 16.8. The molecule has 5 rings (SSSR count). The molecular formula is C22H19FN8. The van der Waals surface area contributed by atoms with Gasteiger partial charge in [-0.2, -0.15) is 5.10 Å². The van der Waals surface area contributed by atoms with Crippen LogP contribution in [0.15, 0.2) is 36.7 Å². The molecule has 1 fully saturated rings. The largest absolute Gasteiger partial charge is 0.381 e. The Morgan fingerprint density at radius 2 is 2.10 bits per heavy atom. The summed E-state index contributed by atoms with van der Waals surface area (Å²) in [7, 11) is 0. The van der Waals surface area contributed by atoms with Crippen LogP contribution in [0.25, 0.3) is 22.8 Å². The Morgan fingerprint density at radius 3 is 2.87 bits per heavy atom. The Kier molecular flexibility index (Phi) is 4.47. The first-order valence-electron chi connectivity index (χ1n) is 9.87. The van der Waals surface area contributed by atoms with Crippen LogP contribution < -0.4 is 5.73 Å². The van der Waals surface area contributed by atoms with Gasteiger partial charge in [-0.15, -0.1) is 11.5 Å². The van der Waals surface area contributed by atoms with E-state index in [-0.39, 0.29) is 23.0 Å². The van der Waals surface area contributed by atoms with Crippen molar-refractivity contribution in [1.82, 2.24) is 34.7 Å². The predicted molar refractivity (Wildman–Crippen MR) is 113 cm³/mol. The second-order valence-corrected chi connectivity index (χ2v) is 7.54. The third kappa shape index (κ3) is 3.53. The molecule has 0 spiro atoms. The van der Waals surface area contributed by atoms with Crippen molar-refractivity contribution < 1.29 is 4.39 Å². The van der Waals surface area contributed by atoms with E-state index in [1.54, 1.807) is 16.9 Å². The van der Waals surface area contributed by atoms with Crippen LogP contribution in [0.4, 0.5) is 10.2 Å². The molecule has 0 saturated heterocycles. The van der Waals surface area contributed by atoms with Gasteiger partial charge >= 0.3 is 0 Å². The van der Waals surface area contributed by atoms with E-state index in [1.165, 1.54) is 0 Å². The minimum Gasteiger partial charge on any atom is -0.381 e. The van der Waals surface area contributed by atoms with Gasteiger partial charge in [-0.25, -0.2) is 19.0 Å². The first-order valence-corrected chi connectivity index (χ1v) is 9.87. The van der Waals surface area contributed by atoms with Crippen molar-refractivity contribution in [3.63, 3.8) is 0 Å². The van der Waals surface area contributed by atoms with Gasteiger partial charge in [-0.3, -0.25) is 4.68 Å². The summed E-state index contributed by atoms with van der Waals surface area (Å²) in [5.41, 5.74) is 9.17. The smallest absolute Gasteiger partial charge is 0.193 e. The highest BCUT2D eigenvalue weighted by atomic mass is 19.1. The van der Waals surface area contributed by atoms with Crippen LogP contribution >= 0.6 is 0 Å². The summed E-state index contributed by atoms with van der Waals surface area (Å²) in [6, 6.07) is 7.90. The van der Waals surface area contributed by atoms with E-state index < -0.39 is 5.82 Å². The number of hydrogen-bond donors (Lipinski definition) is 1. The van der Waals surface area contributed by atoms with Crippen LogP contribution in [0.2, 0.25) is 0 Å². The maximum Gasteiger partial charge on any atom is 0.193 e. The molecule has 0 atom stereocenters. The Hall–Kier alpha value is -4.06. The van der Waals surface area contributed by atoms with Gasteiger partial charge in [0.1, 0.15) is 11.4 Å². The zero-order chi connectivity index (χ0) is 21.5. The number of nitrogens with zero attached hydrogens (tertiary/aromatic N) is 7. The fourth-order valence-electron chi connectivity index (χ4n) is 3.44. The highest BCUT2D eigenvalue weighted by Crippen LogP contribution is 2.34. The number of benzene rings is 1. The van der Waals surface area contributed by atoms with Crippen molar-refractivity contribution in [3.8, 4) is 35.1 Å². The number of hydrogen-bond acceptors (Lipinski definition) is 6. The van der Waals surface area contributed by atoms with E-state index >= 15 is 0 Å². The maximum atomic E-state index is 14.8. The maximum absolute atomic E-state index is 14.8. The van der Waals surface area contributed by atoms with E-state index in [2.05, 4.69) is 31.3 Å². The molecule has 0 aliphatic heterocycles. The van der Waals surface area contributed by atoms with Crippen LogP contribution in [0.5, 0.6) is 0 Å². The van der Waals surface area contributed by atoms with Crippen LogP contribution in [-0.2, 0) is 6.54 Å². The van der Waals surface area contributed by atoms with Gasteiger partial charge in [0.2, 0.25) is 0 Å². The van der Waals surface area contributed by atoms with Crippen LogP contribution in [0, 0.1) is 25.1 Å². The van der Waals surface area contributed by atoms with Crippen molar-refractivity contribution >= 4 is 5.82 Å². The molecule has 0 amide bonds. The second kappa shape index (κ2) is 7.32. The van der Waals surface area contributed by atoms with Crippen LogP contribution in [-0.4, -0.2) is 34.7 Å². The van der Waals surface area contributed by atoms with E-state index in [0.29, 0.717) is 23.7 Å². The number of aromatic nitrogens is 7. The molecule has 9 heteroatoms. The fraction of sp³-hybridized carbons (Fsp3) is 0.227. The standard InChI is InChI=1S/C22H19FN8/c1-3-14-5-4-6-17(13(14)2)22-25-20(19(23)21(24)26-22)18-12-30(29-27-18)11-15-9-10-31(28-15)16-7-8-16/h1,4-6,9-10,12,16H,7-8,11H2,2H3,(H2,24,25,26). The molecule has 3 heterocycles. The van der Waals surface area contributed by atoms with Gasteiger partial charge in [0.05, 0.1) is 24.5 Å². The van der Waals surface area contributed by atoms with E-state index in [4.69, 9.17) is 12.2 Å². The summed E-state index contributed by atoms with van der Waals surface area (Å²) in [6.45, 7) is 2.29. The van der Waals surface area contributed by atoms with Gasteiger partial charge in [0.25, 0.3) is 0 Å². The Morgan fingerprint density at radius 1 is 1.26 bits per heavy atom. The van der Waals surface area contributed by atoms with Crippen molar-refractivity contribution in [2.75, 3.05) is 5.73 Å². The van der Waals surface area contributed by atoms with Gasteiger partial charge in [-0.1, -0.05) is 23.3 Å². The highest BCUT2D eigenvalue weighted by molar-refractivity contribution is 5.69. The molecule has 2 N–H and O–H groups in total. The lowest BCUT2D eigenvalue weighted by Gasteiger charge is -2.09. The molecule has 1 aliphatic carbocycles. The quantitative estimate of drug-likeness (QED) is 0.504. The van der Waals surface area contributed by atoms with Crippen molar-refractivity contribution in [2.45, 2.75) is 32.4 Å². The molecule has 1 aromatic carbocycles. The predicted octanol–water partition coefficient (Wildman–Crippen LogP) is 2.99. The van der Waals surface area contributed by atoms with Gasteiger partial charge in [0, 0.05) is 17.3 Å². The third-order valence-electron chi connectivity index (χ3n) is 5.30. The molecule has 154 valence electrons. The number of nitrogens with two attached hydrogens (primary N) is 1. The van der Waals surface area contributed by atoms with Gasteiger partial charge in [-0.05, 0) is 37.5 Å². The molecule has 1 saturated carbocycles. The number of rotatable bonds is 5. The number of nitrogen functional groups attached to an aromatic ring is 1. The van der Waals surface area contributed by atoms with Crippen LogP contribution in [0.3, 0.4) is 0 Å². The molecule has 3 aromatic heterocycles. The summed E-state index contributed by atoms with van der Waals surface area (Å²) in [6.07, 6.45) is 11.5. The highest BCUT2D eigenvalue weighted by Gasteiger charge is 2.24. The molecule has 0 radical (unpaired) electrons. The summed E-state index contributed by atoms with van der Waals surface area (Å²) >= 11 is 0. The van der Waals surface area contributed by atoms with Crippen molar-refractivity contribution in [3.05, 3.63) is 59.3 Å². The summed E-state index contributed by atoms with van der Waals surface area (Å²) in [5, 5.41) is 12.7. The molecule has 0 unspecified atom stereocenters. The summed E-state index contributed by atoms with van der Waals surface area (Å²) in [4.78, 5) is 8.52. The number of halogens is 1. The number of terminal acetylenes is 1. The molecule has 4 aromatic rings. The lowest BCUT2D eigenvalue weighted by atomic mass is 10.0. The van der Waals surface area contributed by atoms with Gasteiger partial charge in [0.15, 0.2) is 17.5 Å².